The summed E-state index contributed by atoms with van der Waals surface area (Å²) in [4.78, 5) is 30.4. The van der Waals surface area contributed by atoms with Crippen molar-refractivity contribution >= 4 is 30.5 Å². The van der Waals surface area contributed by atoms with Crippen LogP contribution in [0.2, 0.25) is 0 Å². The van der Waals surface area contributed by atoms with Gasteiger partial charge in [-0.3, -0.25) is 10.2 Å². The zero-order valence-electron chi connectivity index (χ0n) is 24.5. The molecular formula is C33H39N3O4S. The van der Waals surface area contributed by atoms with Gasteiger partial charge in [-0.2, -0.15) is 0 Å². The summed E-state index contributed by atoms with van der Waals surface area (Å²) in [7, 11) is 0. The summed E-state index contributed by atoms with van der Waals surface area (Å²) in [6.07, 6.45) is -0.751. The van der Waals surface area contributed by atoms with E-state index in [0.717, 1.165) is 34.7 Å². The van der Waals surface area contributed by atoms with Crippen LogP contribution in [-0.2, 0) is 16.0 Å². The predicted molar refractivity (Wildman–Crippen MR) is 165 cm³/mol. The van der Waals surface area contributed by atoms with Gasteiger partial charge in [0, 0.05) is 49.2 Å². The second kappa shape index (κ2) is 11.8. The number of nitrogens with one attached hydrogen (secondary N) is 1. The van der Waals surface area contributed by atoms with Gasteiger partial charge in [0.1, 0.15) is 12.2 Å². The molecule has 1 fully saturated rings. The van der Waals surface area contributed by atoms with Gasteiger partial charge in [-0.25, -0.2) is 9.59 Å². The largest absolute Gasteiger partial charge is 0.448 e. The monoisotopic (exact) mass is 573 g/mol. The third-order valence-electron chi connectivity index (χ3n) is 7.91. The Bertz CT molecular complexity index is 1410. The lowest BCUT2D eigenvalue weighted by Crippen LogP contribution is -2.48. The molecule has 216 valence electrons. The van der Waals surface area contributed by atoms with E-state index in [1.807, 2.05) is 45.9 Å². The molecule has 1 aliphatic heterocycles. The molecule has 0 bridgehead atoms. The number of rotatable bonds is 5. The molecular weight excluding hydrogens is 534 g/mol. The fraction of sp³-hybridized carbons (Fsp3) is 0.394. The van der Waals surface area contributed by atoms with Crippen LogP contribution < -0.4 is 5.32 Å². The molecule has 41 heavy (non-hydrogen) atoms. The van der Waals surface area contributed by atoms with Crippen LogP contribution in [0.1, 0.15) is 54.5 Å². The topological polar surface area (TPSA) is 71.1 Å². The standard InChI is InChI=1S/C33H39N3O4S/c1-21-23(18-29(22(2)30(21)41)34-31(37)40-33(3,4)5)19-35-14-16-36(17-15-35)32(38)39-20-28-26-12-8-6-10-24(26)25-11-7-9-13-27(25)28/h6-13,18,28,41H,14-17,19-20H2,1-5H3,(H,34,37). The number of hydrogen-bond donors (Lipinski definition) is 2. The van der Waals surface area contributed by atoms with Crippen molar-refractivity contribution in [1.82, 2.24) is 9.80 Å². The van der Waals surface area contributed by atoms with Crippen molar-refractivity contribution in [2.45, 2.75) is 57.6 Å². The average Bonchev–Trinajstić information content (AvgIpc) is 3.26. The molecule has 1 N–H and O–H groups in total. The summed E-state index contributed by atoms with van der Waals surface area (Å²) in [6, 6.07) is 18.7. The smallest absolute Gasteiger partial charge is 0.412 e. The van der Waals surface area contributed by atoms with Gasteiger partial charge in [-0.15, -0.1) is 12.6 Å². The molecule has 0 aromatic heterocycles. The number of carbonyl (C=O) groups is 2. The molecule has 2 amide bonds. The Hall–Kier alpha value is -3.49. The Morgan fingerprint density at radius 1 is 0.927 bits per heavy atom. The van der Waals surface area contributed by atoms with E-state index < -0.39 is 11.7 Å². The number of anilines is 1. The van der Waals surface area contributed by atoms with Gasteiger partial charge in [-0.05, 0) is 79.6 Å². The van der Waals surface area contributed by atoms with E-state index in [1.54, 1.807) is 4.90 Å². The first-order valence-electron chi connectivity index (χ1n) is 14.2. The Morgan fingerprint density at radius 3 is 2.10 bits per heavy atom. The fourth-order valence-corrected chi connectivity index (χ4v) is 5.94. The van der Waals surface area contributed by atoms with E-state index in [0.29, 0.717) is 31.9 Å². The van der Waals surface area contributed by atoms with Crippen molar-refractivity contribution in [2.75, 3.05) is 38.1 Å². The molecule has 0 radical (unpaired) electrons. The molecule has 2 aliphatic rings. The summed E-state index contributed by atoms with van der Waals surface area (Å²) in [5.41, 5.74) is 8.05. The maximum Gasteiger partial charge on any atom is 0.412 e. The van der Waals surface area contributed by atoms with Crippen LogP contribution >= 0.6 is 12.6 Å². The SMILES string of the molecule is Cc1c(CN2CCN(C(=O)OCC3c4ccccc4-c4ccccc43)CC2)cc(NC(=O)OC(C)(C)C)c(C)c1S. The van der Waals surface area contributed by atoms with E-state index in [4.69, 9.17) is 22.1 Å². The van der Waals surface area contributed by atoms with Crippen molar-refractivity contribution in [3.8, 4) is 11.1 Å². The number of benzene rings is 3. The molecule has 1 saturated heterocycles. The molecule has 0 atom stereocenters. The molecule has 0 unspecified atom stereocenters. The van der Waals surface area contributed by atoms with Crippen LogP contribution in [0.25, 0.3) is 11.1 Å². The highest BCUT2D eigenvalue weighted by molar-refractivity contribution is 7.80. The van der Waals surface area contributed by atoms with Crippen molar-refractivity contribution in [2.24, 2.45) is 0 Å². The lowest BCUT2D eigenvalue weighted by Gasteiger charge is -2.34. The number of hydrogen-bond acceptors (Lipinski definition) is 6. The van der Waals surface area contributed by atoms with E-state index in [9.17, 15) is 9.59 Å². The normalized spacial score (nSPS) is 15.3. The molecule has 8 heteroatoms. The quantitative estimate of drug-likeness (QED) is 0.322. The zero-order valence-corrected chi connectivity index (χ0v) is 25.4. The minimum atomic E-state index is -0.581. The van der Waals surface area contributed by atoms with Crippen LogP contribution in [0.3, 0.4) is 0 Å². The Labute approximate surface area is 248 Å². The lowest BCUT2D eigenvalue weighted by molar-refractivity contribution is 0.0635. The van der Waals surface area contributed by atoms with E-state index in [-0.39, 0.29) is 12.0 Å². The van der Waals surface area contributed by atoms with E-state index in [1.165, 1.54) is 22.3 Å². The number of fused-ring (bicyclic) bond motifs is 3. The summed E-state index contributed by atoms with van der Waals surface area (Å²) < 4.78 is 11.3. The second-order valence-corrected chi connectivity index (χ2v) is 12.3. The Balaban J connectivity index is 1.18. The predicted octanol–water partition coefficient (Wildman–Crippen LogP) is 7.01. The number of nitrogens with zero attached hydrogens (tertiary/aromatic N) is 2. The van der Waals surface area contributed by atoms with Gasteiger partial charge in [0.2, 0.25) is 0 Å². The van der Waals surface area contributed by atoms with Crippen molar-refractivity contribution in [1.29, 1.82) is 0 Å². The highest BCUT2D eigenvalue weighted by Crippen LogP contribution is 2.44. The molecule has 1 aliphatic carbocycles. The summed E-state index contributed by atoms with van der Waals surface area (Å²) in [5.74, 6) is 0.0519. The molecule has 1 heterocycles. The molecule has 0 saturated carbocycles. The Morgan fingerprint density at radius 2 is 1.51 bits per heavy atom. The van der Waals surface area contributed by atoms with E-state index in [2.05, 4.69) is 53.5 Å². The first-order valence-corrected chi connectivity index (χ1v) is 14.6. The number of amides is 2. The molecule has 7 nitrogen and oxygen atoms in total. The first-order chi connectivity index (χ1) is 19.5. The van der Waals surface area contributed by atoms with Crippen LogP contribution in [0.15, 0.2) is 59.5 Å². The van der Waals surface area contributed by atoms with E-state index >= 15 is 0 Å². The third-order valence-corrected chi connectivity index (χ3v) is 8.58. The zero-order chi connectivity index (χ0) is 29.3. The van der Waals surface area contributed by atoms with Gasteiger partial charge in [0.25, 0.3) is 0 Å². The molecule has 0 spiro atoms. The first kappa shape index (κ1) is 29.0. The third kappa shape index (κ3) is 6.39. The minimum absolute atomic E-state index is 0.0519. The maximum atomic E-state index is 13.0. The molecule has 3 aromatic carbocycles. The van der Waals surface area contributed by atoms with Crippen LogP contribution in [0.4, 0.5) is 15.3 Å². The fourth-order valence-electron chi connectivity index (χ4n) is 5.67. The summed E-state index contributed by atoms with van der Waals surface area (Å²) >= 11 is 4.73. The summed E-state index contributed by atoms with van der Waals surface area (Å²) in [5, 5.41) is 2.89. The molecule has 3 aromatic rings. The van der Waals surface area contributed by atoms with Gasteiger partial charge in [0.15, 0.2) is 0 Å². The van der Waals surface area contributed by atoms with Gasteiger partial charge in [-0.1, -0.05) is 48.5 Å². The van der Waals surface area contributed by atoms with Crippen LogP contribution in [0.5, 0.6) is 0 Å². The van der Waals surface area contributed by atoms with Crippen molar-refractivity contribution < 1.29 is 19.1 Å². The minimum Gasteiger partial charge on any atom is -0.448 e. The maximum absolute atomic E-state index is 13.0. The number of carbonyl (C=O) groups excluding carboxylic acids is 2. The lowest BCUT2D eigenvalue weighted by atomic mass is 9.98. The highest BCUT2D eigenvalue weighted by atomic mass is 32.1. The van der Waals surface area contributed by atoms with Crippen LogP contribution in [-0.4, -0.2) is 60.4 Å². The highest BCUT2D eigenvalue weighted by Gasteiger charge is 2.30. The van der Waals surface area contributed by atoms with Gasteiger partial charge in [0.05, 0.1) is 0 Å². The number of ether oxygens (including phenoxy) is 2. The van der Waals surface area contributed by atoms with Gasteiger partial charge >= 0.3 is 12.2 Å². The number of piperazine rings is 1. The van der Waals surface area contributed by atoms with Crippen LogP contribution in [0, 0.1) is 13.8 Å². The van der Waals surface area contributed by atoms with Crippen molar-refractivity contribution in [3.63, 3.8) is 0 Å². The molecule has 5 rings (SSSR count). The Kier molecular flexibility index (Phi) is 8.34. The summed E-state index contributed by atoms with van der Waals surface area (Å²) in [6.45, 7) is 13.2. The van der Waals surface area contributed by atoms with Crippen molar-refractivity contribution in [3.05, 3.63) is 82.4 Å². The van der Waals surface area contributed by atoms with Gasteiger partial charge < -0.3 is 14.4 Å². The second-order valence-electron chi connectivity index (χ2n) is 11.9. The average molecular weight is 574 g/mol. The number of thiol groups is 1.